The van der Waals surface area contributed by atoms with Gasteiger partial charge >= 0.3 is 0 Å². The van der Waals surface area contributed by atoms with Crippen molar-refractivity contribution < 1.29 is 4.39 Å². The molecule has 0 aliphatic rings. The van der Waals surface area contributed by atoms with Crippen molar-refractivity contribution in [2.75, 3.05) is 26.7 Å². The molecular formula is C18H32FIN4. The molecule has 0 fully saturated rings. The Hall–Kier alpha value is -0.890. The van der Waals surface area contributed by atoms with Gasteiger partial charge in [-0.3, -0.25) is 4.99 Å². The standard InChI is InChI=1S/C18H31FN4.HI/c1-17(2,3)23-11-10-21-16(20-6)22-13-18(4,5)14-8-7-9-15(19)12-14;/h7-9,12,23H,10-11,13H2,1-6H3,(H2,20,21,22);1H. The molecule has 0 amide bonds. The first-order valence-electron chi connectivity index (χ1n) is 8.10. The Kier molecular flexibility index (Phi) is 9.80. The van der Waals surface area contributed by atoms with E-state index in [1.807, 2.05) is 6.07 Å². The Morgan fingerprint density at radius 1 is 1.08 bits per heavy atom. The molecule has 6 heteroatoms. The minimum atomic E-state index is -0.202. The Morgan fingerprint density at radius 3 is 2.29 bits per heavy atom. The first-order valence-corrected chi connectivity index (χ1v) is 8.10. The van der Waals surface area contributed by atoms with E-state index in [-0.39, 0.29) is 40.7 Å². The lowest BCUT2D eigenvalue weighted by atomic mass is 9.84. The minimum absolute atomic E-state index is 0. The summed E-state index contributed by atoms with van der Waals surface area (Å²) in [5, 5.41) is 10.0. The molecule has 3 N–H and O–H groups in total. The van der Waals surface area contributed by atoms with Crippen LogP contribution in [0.4, 0.5) is 4.39 Å². The van der Waals surface area contributed by atoms with Crippen LogP contribution in [0.5, 0.6) is 0 Å². The summed E-state index contributed by atoms with van der Waals surface area (Å²) in [7, 11) is 1.75. The number of nitrogens with one attached hydrogen (secondary N) is 3. The molecule has 0 aromatic heterocycles. The lowest BCUT2D eigenvalue weighted by molar-refractivity contribution is 0.427. The summed E-state index contributed by atoms with van der Waals surface area (Å²) in [4.78, 5) is 4.23. The Bertz CT molecular complexity index is 524. The van der Waals surface area contributed by atoms with Crippen LogP contribution in [0.1, 0.15) is 40.2 Å². The molecule has 4 nitrogen and oxygen atoms in total. The molecule has 0 heterocycles. The van der Waals surface area contributed by atoms with Crippen LogP contribution in [0, 0.1) is 5.82 Å². The highest BCUT2D eigenvalue weighted by molar-refractivity contribution is 14.0. The van der Waals surface area contributed by atoms with Gasteiger partial charge in [0.1, 0.15) is 5.82 Å². The molecule has 1 rings (SSSR count). The third-order valence-electron chi connectivity index (χ3n) is 3.60. The summed E-state index contributed by atoms with van der Waals surface area (Å²) in [6.45, 7) is 12.9. The van der Waals surface area contributed by atoms with Gasteiger partial charge in [-0.1, -0.05) is 26.0 Å². The van der Waals surface area contributed by atoms with Crippen molar-refractivity contribution >= 4 is 29.9 Å². The molecule has 1 aromatic rings. The van der Waals surface area contributed by atoms with Crippen molar-refractivity contribution in [2.45, 2.75) is 45.6 Å². The highest BCUT2D eigenvalue weighted by atomic mass is 127. The van der Waals surface area contributed by atoms with Crippen LogP contribution in [-0.2, 0) is 5.41 Å². The van der Waals surface area contributed by atoms with E-state index in [2.05, 4.69) is 55.6 Å². The quantitative estimate of drug-likeness (QED) is 0.270. The zero-order chi connectivity index (χ0) is 17.5. The summed E-state index contributed by atoms with van der Waals surface area (Å²) in [6.07, 6.45) is 0. The summed E-state index contributed by atoms with van der Waals surface area (Å²) in [5.41, 5.74) is 0.885. The summed E-state index contributed by atoms with van der Waals surface area (Å²) in [5.74, 6) is 0.552. The average molecular weight is 450 g/mol. The summed E-state index contributed by atoms with van der Waals surface area (Å²) >= 11 is 0. The molecular weight excluding hydrogens is 418 g/mol. The molecule has 24 heavy (non-hydrogen) atoms. The molecule has 138 valence electrons. The van der Waals surface area contributed by atoms with Gasteiger partial charge in [-0.15, -0.1) is 24.0 Å². The molecule has 0 aliphatic heterocycles. The third kappa shape index (κ3) is 8.82. The van der Waals surface area contributed by atoms with Gasteiger partial charge in [-0.05, 0) is 38.5 Å². The third-order valence-corrected chi connectivity index (χ3v) is 3.60. The van der Waals surface area contributed by atoms with E-state index in [1.54, 1.807) is 19.2 Å². The van der Waals surface area contributed by atoms with Crippen LogP contribution < -0.4 is 16.0 Å². The molecule has 0 saturated heterocycles. The molecule has 0 aliphatic carbocycles. The monoisotopic (exact) mass is 450 g/mol. The van der Waals surface area contributed by atoms with Crippen LogP contribution in [-0.4, -0.2) is 38.2 Å². The SMILES string of the molecule is CN=C(NCCNC(C)(C)C)NCC(C)(C)c1cccc(F)c1.I. The fraction of sp³-hybridized carbons (Fsp3) is 0.611. The van der Waals surface area contributed by atoms with Crippen LogP contribution in [0.25, 0.3) is 0 Å². The van der Waals surface area contributed by atoms with Gasteiger partial charge in [0.05, 0.1) is 0 Å². The van der Waals surface area contributed by atoms with Crippen molar-refractivity contribution in [1.29, 1.82) is 0 Å². The Balaban J connectivity index is 0.00000529. The van der Waals surface area contributed by atoms with E-state index >= 15 is 0 Å². The maximum atomic E-state index is 13.4. The first kappa shape index (κ1) is 23.1. The predicted octanol–water partition coefficient (Wildman–Crippen LogP) is 3.27. The van der Waals surface area contributed by atoms with Crippen molar-refractivity contribution in [3.63, 3.8) is 0 Å². The van der Waals surface area contributed by atoms with Gasteiger partial charge in [0.25, 0.3) is 0 Å². The van der Waals surface area contributed by atoms with E-state index in [9.17, 15) is 4.39 Å². The summed E-state index contributed by atoms with van der Waals surface area (Å²) in [6, 6.07) is 6.76. The van der Waals surface area contributed by atoms with Gasteiger partial charge in [0, 0.05) is 37.6 Å². The zero-order valence-corrected chi connectivity index (χ0v) is 18.0. The summed E-state index contributed by atoms with van der Waals surface area (Å²) < 4.78 is 13.4. The van der Waals surface area contributed by atoms with E-state index in [0.29, 0.717) is 6.54 Å². The predicted molar refractivity (Wildman–Crippen MR) is 112 cm³/mol. The number of nitrogens with zero attached hydrogens (tertiary/aromatic N) is 1. The highest BCUT2D eigenvalue weighted by Crippen LogP contribution is 2.22. The van der Waals surface area contributed by atoms with Gasteiger partial charge < -0.3 is 16.0 Å². The second-order valence-electron chi connectivity index (χ2n) is 7.42. The van der Waals surface area contributed by atoms with Gasteiger partial charge in [-0.25, -0.2) is 4.39 Å². The second kappa shape index (κ2) is 10.2. The van der Waals surface area contributed by atoms with Crippen molar-refractivity contribution in [3.05, 3.63) is 35.6 Å². The van der Waals surface area contributed by atoms with Gasteiger partial charge in [0.2, 0.25) is 0 Å². The first-order chi connectivity index (χ1) is 10.6. The van der Waals surface area contributed by atoms with E-state index in [4.69, 9.17) is 0 Å². The molecule has 1 aromatic carbocycles. The number of hydrogen-bond acceptors (Lipinski definition) is 2. The lowest BCUT2D eigenvalue weighted by Crippen LogP contribution is -2.47. The van der Waals surface area contributed by atoms with Crippen LogP contribution in [0.2, 0.25) is 0 Å². The van der Waals surface area contributed by atoms with Gasteiger partial charge in [-0.2, -0.15) is 0 Å². The topological polar surface area (TPSA) is 48.5 Å². The van der Waals surface area contributed by atoms with Crippen molar-refractivity contribution in [2.24, 2.45) is 4.99 Å². The molecule has 0 radical (unpaired) electrons. The normalized spacial score (nSPS) is 12.5. The largest absolute Gasteiger partial charge is 0.356 e. The lowest BCUT2D eigenvalue weighted by Gasteiger charge is -2.27. The molecule has 0 bridgehead atoms. The maximum absolute atomic E-state index is 13.4. The van der Waals surface area contributed by atoms with Crippen molar-refractivity contribution in [3.8, 4) is 0 Å². The van der Waals surface area contributed by atoms with E-state index < -0.39 is 0 Å². The molecule has 0 spiro atoms. The Morgan fingerprint density at radius 2 is 1.75 bits per heavy atom. The minimum Gasteiger partial charge on any atom is -0.356 e. The molecule has 0 saturated carbocycles. The van der Waals surface area contributed by atoms with Crippen LogP contribution in [0.3, 0.4) is 0 Å². The zero-order valence-electron chi connectivity index (χ0n) is 15.7. The number of hydrogen-bond donors (Lipinski definition) is 3. The molecule has 0 atom stereocenters. The van der Waals surface area contributed by atoms with Crippen molar-refractivity contribution in [1.82, 2.24) is 16.0 Å². The highest BCUT2D eigenvalue weighted by Gasteiger charge is 2.21. The Labute approximate surface area is 163 Å². The van der Waals surface area contributed by atoms with E-state index in [1.165, 1.54) is 6.07 Å². The van der Waals surface area contributed by atoms with E-state index in [0.717, 1.165) is 24.6 Å². The second-order valence-corrected chi connectivity index (χ2v) is 7.42. The fourth-order valence-electron chi connectivity index (χ4n) is 2.16. The van der Waals surface area contributed by atoms with Crippen LogP contribution in [0.15, 0.2) is 29.3 Å². The fourth-order valence-corrected chi connectivity index (χ4v) is 2.16. The number of guanidine groups is 1. The van der Waals surface area contributed by atoms with Gasteiger partial charge in [0.15, 0.2) is 5.96 Å². The van der Waals surface area contributed by atoms with Crippen LogP contribution >= 0.6 is 24.0 Å². The maximum Gasteiger partial charge on any atom is 0.191 e. The number of aliphatic imine (C=N–C) groups is 1. The smallest absolute Gasteiger partial charge is 0.191 e. The molecule has 0 unspecified atom stereocenters. The number of rotatable bonds is 6. The number of benzene rings is 1. The average Bonchev–Trinajstić information content (AvgIpc) is 2.45. The number of halogens is 2.